The van der Waals surface area contributed by atoms with Crippen LogP contribution in [0.25, 0.3) is 0 Å². The third-order valence-electron chi connectivity index (χ3n) is 2.75. The molecule has 1 unspecified atom stereocenters. The van der Waals surface area contributed by atoms with E-state index in [9.17, 15) is 0 Å². The van der Waals surface area contributed by atoms with Crippen LogP contribution in [0, 0.1) is 5.92 Å². The average Bonchev–Trinajstić information content (AvgIpc) is 2.30. The van der Waals surface area contributed by atoms with Crippen LogP contribution in [0.5, 0.6) is 0 Å². The van der Waals surface area contributed by atoms with Crippen molar-refractivity contribution in [3.63, 3.8) is 0 Å². The van der Waals surface area contributed by atoms with Gasteiger partial charge in [0.1, 0.15) is 0 Å². The number of pyridine rings is 1. The molecule has 0 saturated carbocycles. The molecule has 1 aromatic heterocycles. The Balaban J connectivity index is 1.93. The number of halogens is 1. The second-order valence-corrected chi connectivity index (χ2v) is 4.90. The zero-order valence-electron chi connectivity index (χ0n) is 9.08. The average molecular weight is 286 g/mol. The first kappa shape index (κ1) is 11.7. The van der Waals surface area contributed by atoms with Gasteiger partial charge in [0.05, 0.1) is 28.7 Å². The number of hydrogen-bond acceptors (Lipinski definition) is 4. The van der Waals surface area contributed by atoms with Crippen molar-refractivity contribution < 1.29 is 4.74 Å². The number of nitrogens with one attached hydrogen (secondary N) is 1. The van der Waals surface area contributed by atoms with Crippen molar-refractivity contribution >= 4 is 27.3 Å². The van der Waals surface area contributed by atoms with Crippen LogP contribution in [-0.2, 0) is 4.74 Å². The van der Waals surface area contributed by atoms with Crippen LogP contribution < -0.4 is 11.1 Å². The first-order valence-corrected chi connectivity index (χ1v) is 6.27. The van der Waals surface area contributed by atoms with Gasteiger partial charge in [-0.1, -0.05) is 0 Å². The van der Waals surface area contributed by atoms with Crippen molar-refractivity contribution in [3.8, 4) is 0 Å². The van der Waals surface area contributed by atoms with Crippen molar-refractivity contribution in [1.29, 1.82) is 0 Å². The van der Waals surface area contributed by atoms with Crippen molar-refractivity contribution in [1.82, 2.24) is 4.98 Å². The lowest BCUT2D eigenvalue weighted by Crippen LogP contribution is -2.24. The van der Waals surface area contributed by atoms with Gasteiger partial charge >= 0.3 is 0 Å². The molecule has 1 aliphatic rings. The second kappa shape index (κ2) is 5.50. The van der Waals surface area contributed by atoms with E-state index >= 15 is 0 Å². The summed E-state index contributed by atoms with van der Waals surface area (Å²) in [5, 5.41) is 3.36. The number of ether oxygens (including phenoxy) is 1. The normalized spacial score (nSPS) is 20.7. The Morgan fingerprint density at radius 1 is 1.56 bits per heavy atom. The summed E-state index contributed by atoms with van der Waals surface area (Å²) in [6.45, 7) is 2.64. The van der Waals surface area contributed by atoms with Crippen LogP contribution >= 0.6 is 15.9 Å². The van der Waals surface area contributed by atoms with Gasteiger partial charge in [0.2, 0.25) is 0 Å². The Morgan fingerprint density at radius 2 is 2.44 bits per heavy atom. The van der Waals surface area contributed by atoms with Gasteiger partial charge in [0, 0.05) is 19.3 Å². The minimum atomic E-state index is 0.577. The lowest BCUT2D eigenvalue weighted by Gasteiger charge is -2.23. The van der Waals surface area contributed by atoms with Crippen molar-refractivity contribution in [3.05, 3.63) is 16.9 Å². The first-order valence-electron chi connectivity index (χ1n) is 5.48. The highest BCUT2D eigenvalue weighted by atomic mass is 79.9. The summed E-state index contributed by atoms with van der Waals surface area (Å²) in [5.41, 5.74) is 7.45. The van der Waals surface area contributed by atoms with Gasteiger partial charge in [-0.3, -0.25) is 4.98 Å². The van der Waals surface area contributed by atoms with Crippen LogP contribution in [0.15, 0.2) is 16.9 Å². The summed E-state index contributed by atoms with van der Waals surface area (Å²) in [6, 6.07) is 0. The minimum Gasteiger partial charge on any atom is -0.396 e. The Bertz CT molecular complexity index is 333. The predicted molar refractivity (Wildman–Crippen MR) is 68.4 cm³/mol. The van der Waals surface area contributed by atoms with E-state index in [0.717, 1.165) is 36.3 Å². The van der Waals surface area contributed by atoms with E-state index in [1.54, 1.807) is 12.4 Å². The largest absolute Gasteiger partial charge is 0.396 e. The van der Waals surface area contributed by atoms with Crippen molar-refractivity contribution in [2.75, 3.05) is 30.8 Å². The molecular weight excluding hydrogens is 270 g/mol. The molecule has 2 heterocycles. The lowest BCUT2D eigenvalue weighted by molar-refractivity contribution is 0.0595. The SMILES string of the molecule is Nc1cncc(Br)c1NCC1CCCOC1. The number of nitrogens with zero attached hydrogens (tertiary/aromatic N) is 1. The topological polar surface area (TPSA) is 60.2 Å². The van der Waals surface area contributed by atoms with Crippen LogP contribution in [0.3, 0.4) is 0 Å². The van der Waals surface area contributed by atoms with E-state index in [2.05, 4.69) is 26.2 Å². The summed E-state index contributed by atoms with van der Waals surface area (Å²) in [5.74, 6) is 0.577. The molecular formula is C11H16BrN3O. The van der Waals surface area contributed by atoms with Gasteiger partial charge in [-0.2, -0.15) is 0 Å². The van der Waals surface area contributed by atoms with Gasteiger partial charge in [-0.25, -0.2) is 0 Å². The fraction of sp³-hybridized carbons (Fsp3) is 0.545. The molecule has 0 radical (unpaired) electrons. The summed E-state index contributed by atoms with van der Waals surface area (Å²) in [7, 11) is 0. The van der Waals surface area contributed by atoms with E-state index in [4.69, 9.17) is 10.5 Å². The lowest BCUT2D eigenvalue weighted by atomic mass is 10.0. The molecule has 3 N–H and O–H groups in total. The van der Waals surface area contributed by atoms with Crippen LogP contribution in [0.1, 0.15) is 12.8 Å². The number of aromatic nitrogens is 1. The highest BCUT2D eigenvalue weighted by Gasteiger charge is 2.14. The highest BCUT2D eigenvalue weighted by molar-refractivity contribution is 9.10. The molecule has 1 atom stereocenters. The maximum absolute atomic E-state index is 5.85. The standard InChI is InChI=1S/C11H16BrN3O/c12-9-5-14-6-10(13)11(9)15-4-8-2-1-3-16-7-8/h5-6,8H,1-4,7,13H2,(H,14,15). The molecule has 4 nitrogen and oxygen atoms in total. The first-order chi connectivity index (χ1) is 7.77. The van der Waals surface area contributed by atoms with E-state index in [-0.39, 0.29) is 0 Å². The number of rotatable bonds is 3. The van der Waals surface area contributed by atoms with E-state index in [0.29, 0.717) is 11.6 Å². The zero-order chi connectivity index (χ0) is 11.4. The molecule has 5 heteroatoms. The summed E-state index contributed by atoms with van der Waals surface area (Å²) in [6.07, 6.45) is 5.77. The Kier molecular flexibility index (Phi) is 4.01. The van der Waals surface area contributed by atoms with E-state index < -0.39 is 0 Å². The van der Waals surface area contributed by atoms with Crippen LogP contribution in [-0.4, -0.2) is 24.7 Å². The monoisotopic (exact) mass is 285 g/mol. The molecule has 0 aliphatic carbocycles. The van der Waals surface area contributed by atoms with Crippen LogP contribution in [0.4, 0.5) is 11.4 Å². The summed E-state index contributed by atoms with van der Waals surface area (Å²) >= 11 is 3.44. The molecule has 1 aromatic rings. The third kappa shape index (κ3) is 2.86. The fourth-order valence-corrected chi connectivity index (χ4v) is 2.34. The number of nitrogen functional groups attached to an aromatic ring is 1. The van der Waals surface area contributed by atoms with E-state index in [1.165, 1.54) is 6.42 Å². The molecule has 0 spiro atoms. The van der Waals surface area contributed by atoms with Gasteiger partial charge in [-0.05, 0) is 34.7 Å². The molecule has 2 rings (SSSR count). The second-order valence-electron chi connectivity index (χ2n) is 4.05. The minimum absolute atomic E-state index is 0.577. The maximum atomic E-state index is 5.85. The molecule has 16 heavy (non-hydrogen) atoms. The van der Waals surface area contributed by atoms with Gasteiger partial charge < -0.3 is 15.8 Å². The van der Waals surface area contributed by atoms with Crippen molar-refractivity contribution in [2.24, 2.45) is 5.92 Å². The predicted octanol–water partition coefficient (Wildman–Crippen LogP) is 2.26. The van der Waals surface area contributed by atoms with Gasteiger partial charge in [-0.15, -0.1) is 0 Å². The van der Waals surface area contributed by atoms with Crippen LogP contribution in [0.2, 0.25) is 0 Å². The van der Waals surface area contributed by atoms with Gasteiger partial charge in [0.15, 0.2) is 0 Å². The number of hydrogen-bond donors (Lipinski definition) is 2. The number of anilines is 2. The summed E-state index contributed by atoms with van der Waals surface area (Å²) in [4.78, 5) is 4.00. The molecule has 1 aliphatic heterocycles. The maximum Gasteiger partial charge on any atom is 0.0750 e. The quantitative estimate of drug-likeness (QED) is 0.894. The number of nitrogens with two attached hydrogens (primary N) is 1. The summed E-state index contributed by atoms with van der Waals surface area (Å²) < 4.78 is 6.34. The molecule has 1 saturated heterocycles. The Hall–Kier alpha value is -0.810. The van der Waals surface area contributed by atoms with Gasteiger partial charge in [0.25, 0.3) is 0 Å². The zero-order valence-corrected chi connectivity index (χ0v) is 10.7. The highest BCUT2D eigenvalue weighted by Crippen LogP contribution is 2.27. The molecule has 1 fully saturated rings. The smallest absolute Gasteiger partial charge is 0.0750 e. The van der Waals surface area contributed by atoms with Crippen molar-refractivity contribution in [2.45, 2.75) is 12.8 Å². The third-order valence-corrected chi connectivity index (χ3v) is 3.35. The Morgan fingerprint density at radius 3 is 3.12 bits per heavy atom. The molecule has 0 bridgehead atoms. The molecule has 88 valence electrons. The fourth-order valence-electron chi connectivity index (χ4n) is 1.85. The molecule has 0 amide bonds. The Labute approximate surface area is 104 Å². The van der Waals surface area contributed by atoms with E-state index in [1.807, 2.05) is 0 Å². The molecule has 0 aromatic carbocycles.